The number of hydrogen-bond donors (Lipinski definition) is 0. The van der Waals surface area contributed by atoms with E-state index < -0.39 is 11.7 Å². The van der Waals surface area contributed by atoms with Crippen molar-refractivity contribution in [3.8, 4) is 0 Å². The molecule has 0 radical (unpaired) electrons. The maximum atomic E-state index is 12.7. The van der Waals surface area contributed by atoms with Gasteiger partial charge in [-0.2, -0.15) is 13.2 Å². The molecule has 0 aliphatic rings. The monoisotopic (exact) mass is 275 g/mol. The van der Waals surface area contributed by atoms with Crippen molar-refractivity contribution >= 4 is 28.1 Å². The average Bonchev–Trinajstić information content (AvgIpc) is 2.42. The number of alkyl halides is 3. The molecule has 0 aliphatic carbocycles. The van der Waals surface area contributed by atoms with Crippen molar-refractivity contribution in [2.75, 3.05) is 0 Å². The van der Waals surface area contributed by atoms with Crippen molar-refractivity contribution in [2.24, 2.45) is 0 Å². The second-order valence-electron chi connectivity index (χ2n) is 4.46. The van der Waals surface area contributed by atoms with Crippen molar-refractivity contribution in [3.05, 3.63) is 53.6 Å². The fraction of sp³-hybridized carbons (Fsp3) is 0.0667. The fourth-order valence-electron chi connectivity index (χ4n) is 2.09. The van der Waals surface area contributed by atoms with E-state index >= 15 is 0 Å². The van der Waals surface area contributed by atoms with Crippen LogP contribution in [-0.2, 0) is 6.18 Å². The standard InChI is InChI=1S/C15H8F3NO/c16-15(17,18)12-4-3-11-6-10-2-1-9(8-20)5-13(10)19-14(11)7-12/h1-8H. The summed E-state index contributed by atoms with van der Waals surface area (Å²) in [6, 6.07) is 10.1. The van der Waals surface area contributed by atoms with E-state index in [9.17, 15) is 18.0 Å². The van der Waals surface area contributed by atoms with Gasteiger partial charge in [-0.3, -0.25) is 4.79 Å². The lowest BCUT2D eigenvalue weighted by molar-refractivity contribution is -0.137. The van der Waals surface area contributed by atoms with Gasteiger partial charge in [-0.05, 0) is 24.3 Å². The first-order valence-electron chi connectivity index (χ1n) is 5.84. The van der Waals surface area contributed by atoms with E-state index in [0.29, 0.717) is 22.8 Å². The van der Waals surface area contributed by atoms with Crippen LogP contribution in [0.3, 0.4) is 0 Å². The molecule has 20 heavy (non-hydrogen) atoms. The highest BCUT2D eigenvalue weighted by molar-refractivity contribution is 5.95. The zero-order valence-electron chi connectivity index (χ0n) is 10.1. The Balaban J connectivity index is 2.28. The quantitative estimate of drug-likeness (QED) is 0.491. The topological polar surface area (TPSA) is 30.0 Å². The number of fused-ring (bicyclic) bond motifs is 2. The largest absolute Gasteiger partial charge is 0.416 e. The number of rotatable bonds is 1. The van der Waals surface area contributed by atoms with Crippen LogP contribution < -0.4 is 0 Å². The van der Waals surface area contributed by atoms with Crippen LogP contribution in [0.15, 0.2) is 42.5 Å². The van der Waals surface area contributed by atoms with Gasteiger partial charge in [0.25, 0.3) is 0 Å². The van der Waals surface area contributed by atoms with E-state index in [1.807, 2.05) is 0 Å². The molecule has 1 heterocycles. The van der Waals surface area contributed by atoms with E-state index in [1.54, 1.807) is 24.3 Å². The minimum absolute atomic E-state index is 0.260. The summed E-state index contributed by atoms with van der Waals surface area (Å²) in [6.45, 7) is 0. The summed E-state index contributed by atoms with van der Waals surface area (Å²) in [7, 11) is 0. The number of carbonyl (C=O) groups excluding carboxylic acids is 1. The Hall–Kier alpha value is -2.43. The summed E-state index contributed by atoms with van der Waals surface area (Å²) in [4.78, 5) is 14.9. The maximum Gasteiger partial charge on any atom is 0.416 e. The minimum Gasteiger partial charge on any atom is -0.298 e. The molecule has 2 aromatic carbocycles. The number of carbonyl (C=O) groups is 1. The van der Waals surface area contributed by atoms with Gasteiger partial charge in [-0.25, -0.2) is 4.98 Å². The van der Waals surface area contributed by atoms with Gasteiger partial charge >= 0.3 is 6.18 Å². The minimum atomic E-state index is -4.39. The molecule has 0 bridgehead atoms. The van der Waals surface area contributed by atoms with Crippen molar-refractivity contribution in [1.29, 1.82) is 0 Å². The molecule has 3 rings (SSSR count). The van der Waals surface area contributed by atoms with Gasteiger partial charge in [0.2, 0.25) is 0 Å². The van der Waals surface area contributed by atoms with Crippen molar-refractivity contribution in [2.45, 2.75) is 6.18 Å². The number of aromatic nitrogens is 1. The number of pyridine rings is 1. The second kappa shape index (κ2) is 4.30. The van der Waals surface area contributed by atoms with Gasteiger partial charge in [-0.1, -0.05) is 18.2 Å². The molecule has 0 atom stereocenters. The van der Waals surface area contributed by atoms with E-state index in [2.05, 4.69) is 4.98 Å². The van der Waals surface area contributed by atoms with Gasteiger partial charge < -0.3 is 0 Å². The number of halogens is 3. The van der Waals surface area contributed by atoms with Gasteiger partial charge in [0.1, 0.15) is 6.29 Å². The van der Waals surface area contributed by atoms with E-state index in [4.69, 9.17) is 0 Å². The summed E-state index contributed by atoms with van der Waals surface area (Å²) >= 11 is 0. The number of benzene rings is 2. The zero-order valence-corrected chi connectivity index (χ0v) is 10.1. The predicted octanol–water partition coefficient (Wildman–Crippen LogP) is 4.22. The van der Waals surface area contributed by atoms with Crippen LogP contribution >= 0.6 is 0 Å². The summed E-state index contributed by atoms with van der Waals surface area (Å²) in [5, 5.41) is 1.41. The first-order chi connectivity index (χ1) is 9.47. The summed E-state index contributed by atoms with van der Waals surface area (Å²) in [5.41, 5.74) is 0.469. The Kier molecular flexibility index (Phi) is 2.71. The number of hydrogen-bond acceptors (Lipinski definition) is 2. The van der Waals surface area contributed by atoms with Crippen LogP contribution in [0.25, 0.3) is 21.8 Å². The molecule has 0 saturated carbocycles. The van der Waals surface area contributed by atoms with Crippen molar-refractivity contribution < 1.29 is 18.0 Å². The Morgan fingerprint density at radius 3 is 2.20 bits per heavy atom. The van der Waals surface area contributed by atoms with Gasteiger partial charge in [-0.15, -0.1) is 0 Å². The molecule has 0 unspecified atom stereocenters. The van der Waals surface area contributed by atoms with E-state index in [0.717, 1.165) is 17.5 Å². The van der Waals surface area contributed by atoms with Crippen LogP contribution in [0, 0.1) is 0 Å². The third-order valence-corrected chi connectivity index (χ3v) is 3.10. The average molecular weight is 275 g/mol. The van der Waals surface area contributed by atoms with Crippen LogP contribution in [0.2, 0.25) is 0 Å². The Morgan fingerprint density at radius 2 is 1.55 bits per heavy atom. The molecule has 2 nitrogen and oxygen atoms in total. The highest BCUT2D eigenvalue weighted by Gasteiger charge is 2.30. The number of nitrogens with zero attached hydrogens (tertiary/aromatic N) is 1. The third-order valence-electron chi connectivity index (χ3n) is 3.10. The number of aldehydes is 1. The van der Waals surface area contributed by atoms with Gasteiger partial charge in [0.05, 0.1) is 16.6 Å². The smallest absolute Gasteiger partial charge is 0.298 e. The molecule has 0 fully saturated rings. The zero-order chi connectivity index (χ0) is 14.3. The molecular formula is C15H8F3NO. The Bertz CT molecular complexity index is 824. The Morgan fingerprint density at radius 1 is 0.900 bits per heavy atom. The lowest BCUT2D eigenvalue weighted by Crippen LogP contribution is -2.04. The normalized spacial score (nSPS) is 11.9. The van der Waals surface area contributed by atoms with Crippen LogP contribution in [0.5, 0.6) is 0 Å². The second-order valence-corrected chi connectivity index (χ2v) is 4.46. The van der Waals surface area contributed by atoms with Crippen LogP contribution in [0.1, 0.15) is 15.9 Å². The molecule has 0 N–H and O–H groups in total. The molecule has 0 saturated heterocycles. The maximum absolute atomic E-state index is 12.7. The summed E-state index contributed by atoms with van der Waals surface area (Å²) < 4.78 is 38.0. The van der Waals surface area contributed by atoms with Crippen LogP contribution in [0.4, 0.5) is 13.2 Å². The SMILES string of the molecule is O=Cc1ccc2cc3ccc(C(F)(F)F)cc3nc2c1. The van der Waals surface area contributed by atoms with Crippen molar-refractivity contribution in [1.82, 2.24) is 4.98 Å². The molecule has 5 heteroatoms. The lowest BCUT2D eigenvalue weighted by Gasteiger charge is -2.08. The fourth-order valence-corrected chi connectivity index (χ4v) is 2.09. The molecular weight excluding hydrogens is 267 g/mol. The highest BCUT2D eigenvalue weighted by atomic mass is 19.4. The van der Waals surface area contributed by atoms with E-state index in [1.165, 1.54) is 6.07 Å². The molecule has 100 valence electrons. The molecule has 3 aromatic rings. The van der Waals surface area contributed by atoms with Gasteiger partial charge in [0, 0.05) is 16.3 Å². The lowest BCUT2D eigenvalue weighted by atomic mass is 10.1. The predicted molar refractivity (Wildman–Crippen MR) is 69.6 cm³/mol. The first-order valence-corrected chi connectivity index (χ1v) is 5.84. The summed E-state index contributed by atoms with van der Waals surface area (Å²) in [5.74, 6) is 0. The molecule has 0 amide bonds. The third kappa shape index (κ3) is 2.11. The molecule has 0 aliphatic heterocycles. The van der Waals surface area contributed by atoms with Crippen molar-refractivity contribution in [3.63, 3.8) is 0 Å². The highest BCUT2D eigenvalue weighted by Crippen LogP contribution is 2.31. The molecule has 1 aromatic heterocycles. The Labute approximate surface area is 111 Å². The summed E-state index contributed by atoms with van der Waals surface area (Å²) in [6.07, 6.45) is -3.72. The van der Waals surface area contributed by atoms with E-state index in [-0.39, 0.29) is 5.52 Å². The molecule has 0 spiro atoms. The van der Waals surface area contributed by atoms with Gasteiger partial charge in [0.15, 0.2) is 0 Å². The first kappa shape index (κ1) is 12.6. The van der Waals surface area contributed by atoms with Crippen LogP contribution in [-0.4, -0.2) is 11.3 Å².